The molecule has 4 saturated carbocycles. The van der Waals surface area contributed by atoms with E-state index in [0.717, 1.165) is 32.1 Å². The van der Waals surface area contributed by atoms with Crippen molar-refractivity contribution in [3.05, 3.63) is 0 Å². The Balaban J connectivity index is 1.92. The first-order valence-electron chi connectivity index (χ1n) is 7.36. The normalized spacial score (nSPS) is 44.9. The molecule has 19 heavy (non-hydrogen) atoms. The van der Waals surface area contributed by atoms with Gasteiger partial charge in [0.05, 0.1) is 5.92 Å². The van der Waals surface area contributed by atoms with Crippen LogP contribution in [-0.4, -0.2) is 22.5 Å². The molecule has 0 heterocycles. The fraction of sp³-hybridized carbons (Fsp3) is 0.867. The molecule has 0 saturated heterocycles. The summed E-state index contributed by atoms with van der Waals surface area (Å²) in [6.07, 6.45) is 6.28. The monoisotopic (exact) mass is 265 g/mol. The van der Waals surface area contributed by atoms with Crippen LogP contribution in [0.5, 0.6) is 0 Å². The van der Waals surface area contributed by atoms with Gasteiger partial charge in [-0.3, -0.25) is 9.59 Å². The van der Waals surface area contributed by atoms with Gasteiger partial charge >= 0.3 is 5.97 Å². The first kappa shape index (κ1) is 12.9. The molecular formula is C15H23NO3. The molecule has 3 atom stereocenters. The van der Waals surface area contributed by atoms with Gasteiger partial charge in [0.15, 0.2) is 0 Å². The second-order valence-corrected chi connectivity index (χ2v) is 7.34. The predicted octanol–water partition coefficient (Wildman–Crippen LogP) is 2.18. The van der Waals surface area contributed by atoms with Crippen molar-refractivity contribution >= 4 is 11.9 Å². The number of nitrogens with one attached hydrogen (secondary N) is 1. The first-order chi connectivity index (χ1) is 8.84. The third kappa shape index (κ3) is 1.96. The highest BCUT2D eigenvalue weighted by Crippen LogP contribution is 2.64. The van der Waals surface area contributed by atoms with Crippen molar-refractivity contribution in [2.75, 3.05) is 0 Å². The van der Waals surface area contributed by atoms with Gasteiger partial charge in [0.25, 0.3) is 0 Å². The van der Waals surface area contributed by atoms with E-state index in [2.05, 4.69) is 5.32 Å². The van der Waals surface area contributed by atoms with Crippen LogP contribution in [0.4, 0.5) is 0 Å². The average molecular weight is 265 g/mol. The van der Waals surface area contributed by atoms with Gasteiger partial charge in [-0.15, -0.1) is 0 Å². The first-order valence-corrected chi connectivity index (χ1v) is 7.36. The standard InChI is InChI=1S/C15H23NO3/c1-9(13(18)19)14-4-11-3-12(5-14)7-15(6-11,8-14)16-10(2)17/h9,11-12H,3-8H2,1-2H3,(H,16,17)(H,18,19). The lowest BCUT2D eigenvalue weighted by molar-refractivity contribution is -0.160. The Morgan fingerprint density at radius 1 is 1.21 bits per heavy atom. The predicted molar refractivity (Wildman–Crippen MR) is 70.5 cm³/mol. The van der Waals surface area contributed by atoms with Gasteiger partial charge in [-0.2, -0.15) is 0 Å². The van der Waals surface area contributed by atoms with Gasteiger partial charge in [-0.25, -0.2) is 0 Å². The highest BCUT2D eigenvalue weighted by atomic mass is 16.4. The summed E-state index contributed by atoms with van der Waals surface area (Å²) in [5.74, 6) is 0.260. The number of carbonyl (C=O) groups excluding carboxylic acids is 1. The van der Waals surface area contributed by atoms with Crippen LogP contribution in [0.1, 0.15) is 52.4 Å². The molecule has 1 amide bonds. The summed E-state index contributed by atoms with van der Waals surface area (Å²) in [4.78, 5) is 23.0. The molecule has 0 aromatic rings. The van der Waals surface area contributed by atoms with Crippen LogP contribution in [0.15, 0.2) is 0 Å². The van der Waals surface area contributed by atoms with Crippen molar-refractivity contribution in [3.8, 4) is 0 Å². The summed E-state index contributed by atoms with van der Waals surface area (Å²) < 4.78 is 0. The third-order valence-corrected chi connectivity index (χ3v) is 5.84. The Bertz CT molecular complexity index is 417. The number of hydrogen-bond donors (Lipinski definition) is 2. The maximum atomic E-state index is 11.5. The van der Waals surface area contributed by atoms with Gasteiger partial charge in [0.2, 0.25) is 5.91 Å². The number of amides is 1. The maximum absolute atomic E-state index is 11.5. The molecule has 2 N–H and O–H groups in total. The van der Waals surface area contributed by atoms with E-state index in [9.17, 15) is 14.7 Å². The molecule has 4 aliphatic rings. The number of rotatable bonds is 3. The molecule has 0 radical (unpaired) electrons. The van der Waals surface area contributed by atoms with Crippen LogP contribution in [0.2, 0.25) is 0 Å². The molecule has 4 nitrogen and oxygen atoms in total. The molecule has 3 unspecified atom stereocenters. The Kier molecular flexibility index (Phi) is 2.70. The minimum absolute atomic E-state index is 0.0279. The molecule has 0 spiro atoms. The van der Waals surface area contributed by atoms with E-state index >= 15 is 0 Å². The third-order valence-electron chi connectivity index (χ3n) is 5.84. The van der Waals surface area contributed by atoms with Crippen molar-refractivity contribution in [3.63, 3.8) is 0 Å². The number of carboxylic acid groups (broad SMARTS) is 1. The zero-order valence-electron chi connectivity index (χ0n) is 11.7. The zero-order chi connectivity index (χ0) is 13.8. The molecule has 4 aliphatic carbocycles. The molecule has 4 heteroatoms. The molecule has 0 aliphatic heterocycles. The second-order valence-electron chi connectivity index (χ2n) is 7.34. The number of carboxylic acids is 1. The van der Waals surface area contributed by atoms with E-state index in [1.54, 1.807) is 6.92 Å². The second kappa shape index (κ2) is 3.97. The minimum atomic E-state index is -0.681. The summed E-state index contributed by atoms with van der Waals surface area (Å²) in [5.41, 5.74) is -0.196. The minimum Gasteiger partial charge on any atom is -0.481 e. The zero-order valence-corrected chi connectivity index (χ0v) is 11.7. The number of hydrogen-bond acceptors (Lipinski definition) is 2. The van der Waals surface area contributed by atoms with Gasteiger partial charge in [-0.05, 0) is 55.8 Å². The van der Waals surface area contributed by atoms with E-state index < -0.39 is 5.97 Å². The molecule has 4 fully saturated rings. The van der Waals surface area contributed by atoms with E-state index in [4.69, 9.17) is 0 Å². The lowest BCUT2D eigenvalue weighted by atomic mass is 9.44. The van der Waals surface area contributed by atoms with Crippen molar-refractivity contribution < 1.29 is 14.7 Å². The maximum Gasteiger partial charge on any atom is 0.306 e. The van der Waals surface area contributed by atoms with Crippen molar-refractivity contribution in [1.82, 2.24) is 5.32 Å². The van der Waals surface area contributed by atoms with Crippen LogP contribution in [0.25, 0.3) is 0 Å². The highest BCUT2D eigenvalue weighted by Gasteiger charge is 2.60. The fourth-order valence-corrected chi connectivity index (χ4v) is 5.62. The SMILES string of the molecule is CC(=O)NC12CC3CC(C1)CC(C(C)C(=O)O)(C3)C2. The van der Waals surface area contributed by atoms with Crippen molar-refractivity contribution in [2.24, 2.45) is 23.2 Å². The Hall–Kier alpha value is -1.06. The average Bonchev–Trinajstić information content (AvgIpc) is 2.23. The molecule has 106 valence electrons. The lowest BCUT2D eigenvalue weighted by Crippen LogP contribution is -2.64. The largest absolute Gasteiger partial charge is 0.481 e. The van der Waals surface area contributed by atoms with Crippen LogP contribution >= 0.6 is 0 Å². The quantitative estimate of drug-likeness (QED) is 0.822. The van der Waals surface area contributed by atoms with Crippen LogP contribution in [0.3, 0.4) is 0 Å². The Labute approximate surface area is 113 Å². The van der Waals surface area contributed by atoms with Gasteiger partial charge < -0.3 is 10.4 Å². The fourth-order valence-electron chi connectivity index (χ4n) is 5.62. The van der Waals surface area contributed by atoms with Crippen LogP contribution in [-0.2, 0) is 9.59 Å². The molecule has 4 rings (SSSR count). The van der Waals surface area contributed by atoms with Crippen LogP contribution in [0, 0.1) is 23.2 Å². The van der Waals surface area contributed by atoms with Gasteiger partial charge in [0, 0.05) is 12.5 Å². The summed E-state index contributed by atoms with van der Waals surface area (Å²) >= 11 is 0. The van der Waals surface area contributed by atoms with E-state index in [-0.39, 0.29) is 22.8 Å². The summed E-state index contributed by atoms with van der Waals surface area (Å²) in [6.45, 7) is 3.43. The topological polar surface area (TPSA) is 66.4 Å². The van der Waals surface area contributed by atoms with E-state index in [1.165, 1.54) is 6.42 Å². The molecule has 4 bridgehead atoms. The summed E-state index contributed by atoms with van der Waals surface area (Å²) in [5, 5.41) is 12.6. The van der Waals surface area contributed by atoms with Gasteiger partial charge in [0.1, 0.15) is 0 Å². The molecule has 0 aromatic heterocycles. The molecule has 0 aromatic carbocycles. The summed E-state index contributed by atoms with van der Waals surface area (Å²) in [6, 6.07) is 0. The Morgan fingerprint density at radius 2 is 1.79 bits per heavy atom. The molecular weight excluding hydrogens is 242 g/mol. The summed E-state index contributed by atoms with van der Waals surface area (Å²) in [7, 11) is 0. The van der Waals surface area contributed by atoms with E-state index in [1.807, 2.05) is 6.92 Å². The number of carbonyl (C=O) groups is 2. The highest BCUT2D eigenvalue weighted by molar-refractivity contribution is 5.74. The van der Waals surface area contributed by atoms with Crippen molar-refractivity contribution in [1.29, 1.82) is 0 Å². The smallest absolute Gasteiger partial charge is 0.306 e. The van der Waals surface area contributed by atoms with Crippen molar-refractivity contribution in [2.45, 2.75) is 57.9 Å². The lowest BCUT2D eigenvalue weighted by Gasteiger charge is -2.63. The van der Waals surface area contributed by atoms with Crippen LogP contribution < -0.4 is 5.32 Å². The Morgan fingerprint density at radius 3 is 2.26 bits per heavy atom. The van der Waals surface area contributed by atoms with Gasteiger partial charge in [-0.1, -0.05) is 6.92 Å². The van der Waals surface area contributed by atoms with E-state index in [0.29, 0.717) is 11.8 Å². The number of aliphatic carboxylic acids is 1.